The van der Waals surface area contributed by atoms with E-state index in [0.717, 1.165) is 22.1 Å². The molecule has 0 spiro atoms. The highest BCUT2D eigenvalue weighted by atomic mass is 35.7. The Morgan fingerprint density at radius 3 is 1.71 bits per heavy atom. The molecule has 0 bridgehead atoms. The largest absolute Gasteiger partial charge is 0.463 e. The van der Waals surface area contributed by atoms with Gasteiger partial charge in [-0.3, -0.25) is 0 Å². The second kappa shape index (κ2) is 3.80. The van der Waals surface area contributed by atoms with Crippen molar-refractivity contribution in [2.45, 2.75) is 13.8 Å². The second-order valence-electron chi connectivity index (χ2n) is 3.10. The van der Waals surface area contributed by atoms with Crippen molar-refractivity contribution < 1.29 is 8.83 Å². The van der Waals surface area contributed by atoms with Gasteiger partial charge in [0.05, 0.1) is 12.5 Å². The quantitative estimate of drug-likeness (QED) is 0.739. The highest BCUT2D eigenvalue weighted by Crippen LogP contribution is 2.41. The van der Waals surface area contributed by atoms with Crippen LogP contribution >= 0.6 is 18.5 Å². The van der Waals surface area contributed by atoms with Gasteiger partial charge in [-0.1, -0.05) is 11.2 Å². The summed E-state index contributed by atoms with van der Waals surface area (Å²) >= 11 is 6.30. The SMILES string of the molecule is Cc1ccoc1P(Cl)c1occc1C. The molecule has 0 N–H and O–H groups in total. The van der Waals surface area contributed by atoms with Crippen LogP contribution in [0.4, 0.5) is 0 Å². The molecule has 4 heteroatoms. The Labute approximate surface area is 88.4 Å². The van der Waals surface area contributed by atoms with Crippen LogP contribution in [0.5, 0.6) is 0 Å². The van der Waals surface area contributed by atoms with Gasteiger partial charge >= 0.3 is 0 Å². The molecule has 0 aliphatic carbocycles. The molecule has 0 saturated carbocycles. The fourth-order valence-corrected chi connectivity index (χ4v) is 3.52. The first-order valence-corrected chi connectivity index (χ1v) is 6.49. The van der Waals surface area contributed by atoms with Gasteiger partial charge in [0.2, 0.25) is 0 Å². The van der Waals surface area contributed by atoms with Crippen molar-refractivity contribution in [2.24, 2.45) is 0 Å². The van der Waals surface area contributed by atoms with Crippen LogP contribution in [-0.2, 0) is 0 Å². The molecule has 0 saturated heterocycles. The third-order valence-electron chi connectivity index (χ3n) is 2.03. The maximum Gasteiger partial charge on any atom is 0.151 e. The molecular weight excluding hydrogens is 219 g/mol. The zero-order valence-electron chi connectivity index (χ0n) is 7.95. The number of hydrogen-bond donors (Lipinski definition) is 0. The van der Waals surface area contributed by atoms with Crippen molar-refractivity contribution in [2.75, 3.05) is 0 Å². The van der Waals surface area contributed by atoms with Crippen molar-refractivity contribution in [1.82, 2.24) is 0 Å². The van der Waals surface area contributed by atoms with E-state index in [4.69, 9.17) is 20.1 Å². The predicted octanol–water partition coefficient (Wildman–Crippen LogP) is 3.08. The van der Waals surface area contributed by atoms with Crippen molar-refractivity contribution >= 4 is 29.5 Å². The van der Waals surface area contributed by atoms with Crippen LogP contribution in [0.2, 0.25) is 0 Å². The average Bonchev–Trinajstić information content (AvgIpc) is 2.73. The van der Waals surface area contributed by atoms with Crippen LogP contribution in [0.15, 0.2) is 33.5 Å². The third-order valence-corrected chi connectivity index (χ3v) is 4.58. The van der Waals surface area contributed by atoms with Crippen molar-refractivity contribution in [1.29, 1.82) is 0 Å². The van der Waals surface area contributed by atoms with Gasteiger partial charge in [0.1, 0.15) is 7.27 Å². The monoisotopic (exact) mass is 228 g/mol. The van der Waals surface area contributed by atoms with Crippen molar-refractivity contribution in [3.63, 3.8) is 0 Å². The summed E-state index contributed by atoms with van der Waals surface area (Å²) < 4.78 is 10.7. The van der Waals surface area contributed by atoms with Crippen LogP contribution in [0.1, 0.15) is 11.1 Å². The molecule has 0 aliphatic rings. The van der Waals surface area contributed by atoms with Gasteiger partial charge in [-0.25, -0.2) is 0 Å². The Bertz CT molecular complexity index is 393. The third kappa shape index (κ3) is 1.60. The second-order valence-corrected chi connectivity index (χ2v) is 5.49. The zero-order valence-corrected chi connectivity index (χ0v) is 9.60. The maximum absolute atomic E-state index is 6.30. The number of rotatable bonds is 2. The van der Waals surface area contributed by atoms with E-state index in [1.165, 1.54) is 0 Å². The Hall–Kier alpha value is -0.720. The molecule has 2 heterocycles. The summed E-state index contributed by atoms with van der Waals surface area (Å²) in [7, 11) is -0.999. The normalized spacial score (nSPS) is 11.1. The minimum atomic E-state index is -0.999. The summed E-state index contributed by atoms with van der Waals surface area (Å²) in [5, 5.41) is 0. The summed E-state index contributed by atoms with van der Waals surface area (Å²) in [6.45, 7) is 3.96. The van der Waals surface area contributed by atoms with Gasteiger partial charge in [0.15, 0.2) is 11.0 Å². The number of furan rings is 2. The van der Waals surface area contributed by atoms with Gasteiger partial charge < -0.3 is 8.83 Å². The van der Waals surface area contributed by atoms with E-state index in [2.05, 4.69) is 0 Å². The lowest BCUT2D eigenvalue weighted by Gasteiger charge is -2.05. The first-order chi connectivity index (χ1) is 6.70. The smallest absolute Gasteiger partial charge is 0.151 e. The molecular formula is C10H10ClO2P. The van der Waals surface area contributed by atoms with Crippen molar-refractivity contribution in [3.05, 3.63) is 35.8 Å². The zero-order chi connectivity index (χ0) is 10.1. The first kappa shape index (κ1) is 9.82. The van der Waals surface area contributed by atoms with Gasteiger partial charge in [0, 0.05) is 0 Å². The van der Waals surface area contributed by atoms with E-state index in [1.807, 2.05) is 26.0 Å². The lowest BCUT2D eigenvalue weighted by molar-refractivity contribution is 0.593. The molecule has 2 aromatic rings. The van der Waals surface area contributed by atoms with E-state index >= 15 is 0 Å². The molecule has 14 heavy (non-hydrogen) atoms. The minimum absolute atomic E-state index is 0.819. The Balaban J connectivity index is 2.38. The highest BCUT2D eigenvalue weighted by Gasteiger charge is 2.21. The van der Waals surface area contributed by atoms with Crippen LogP contribution in [-0.4, -0.2) is 0 Å². The van der Waals surface area contributed by atoms with Crippen LogP contribution in [0.3, 0.4) is 0 Å². The number of hydrogen-bond acceptors (Lipinski definition) is 2. The summed E-state index contributed by atoms with van der Waals surface area (Å²) in [5.74, 6) is 0. The van der Waals surface area contributed by atoms with E-state index in [9.17, 15) is 0 Å². The van der Waals surface area contributed by atoms with Gasteiger partial charge in [-0.2, -0.15) is 0 Å². The van der Waals surface area contributed by atoms with E-state index in [-0.39, 0.29) is 0 Å². The molecule has 0 amide bonds. The van der Waals surface area contributed by atoms with Crippen molar-refractivity contribution in [3.8, 4) is 0 Å². The molecule has 2 rings (SSSR count). The van der Waals surface area contributed by atoms with Crippen LogP contribution in [0, 0.1) is 13.8 Å². The van der Waals surface area contributed by atoms with Gasteiger partial charge in [-0.15, -0.1) is 0 Å². The standard InChI is InChI=1S/C10H10ClO2P/c1-7-3-5-12-9(7)14(11)10-8(2)4-6-13-10/h3-6H,1-2H3. The molecule has 0 radical (unpaired) electrons. The number of aryl methyl sites for hydroxylation is 2. The lowest BCUT2D eigenvalue weighted by atomic mass is 10.4. The minimum Gasteiger partial charge on any atom is -0.463 e. The summed E-state index contributed by atoms with van der Waals surface area (Å²) in [5.41, 5.74) is 3.78. The fraction of sp³-hybridized carbons (Fsp3) is 0.200. The fourth-order valence-electron chi connectivity index (χ4n) is 1.22. The molecule has 0 atom stereocenters. The van der Waals surface area contributed by atoms with Crippen LogP contribution in [0.25, 0.3) is 0 Å². The molecule has 0 aliphatic heterocycles. The Morgan fingerprint density at radius 2 is 1.43 bits per heavy atom. The molecule has 0 fully saturated rings. The molecule has 0 aromatic carbocycles. The maximum atomic E-state index is 6.30. The molecule has 0 unspecified atom stereocenters. The molecule has 74 valence electrons. The van der Waals surface area contributed by atoms with Crippen LogP contribution < -0.4 is 11.0 Å². The lowest BCUT2D eigenvalue weighted by Crippen LogP contribution is -2.08. The average molecular weight is 229 g/mol. The Kier molecular flexibility index (Phi) is 2.66. The summed E-state index contributed by atoms with van der Waals surface area (Å²) in [6.07, 6.45) is 3.31. The first-order valence-electron chi connectivity index (χ1n) is 4.24. The van der Waals surface area contributed by atoms with E-state index in [0.29, 0.717) is 0 Å². The van der Waals surface area contributed by atoms with Gasteiger partial charge in [0.25, 0.3) is 0 Å². The highest BCUT2D eigenvalue weighted by molar-refractivity contribution is 7.95. The molecule has 2 nitrogen and oxygen atoms in total. The van der Waals surface area contributed by atoms with E-state index in [1.54, 1.807) is 12.5 Å². The van der Waals surface area contributed by atoms with Gasteiger partial charge in [-0.05, 0) is 37.1 Å². The molecule has 2 aromatic heterocycles. The Morgan fingerprint density at radius 1 is 1.00 bits per heavy atom. The number of halogens is 1. The summed E-state index contributed by atoms with van der Waals surface area (Å²) in [6, 6.07) is 3.82. The van der Waals surface area contributed by atoms with E-state index < -0.39 is 7.27 Å². The summed E-state index contributed by atoms with van der Waals surface area (Å²) in [4.78, 5) is 0. The topological polar surface area (TPSA) is 26.3 Å². The predicted molar refractivity (Wildman–Crippen MR) is 58.9 cm³/mol.